The lowest BCUT2D eigenvalue weighted by Crippen LogP contribution is -2.28. The lowest BCUT2D eigenvalue weighted by molar-refractivity contribution is 0.0188. The molecule has 7 heteroatoms. The van der Waals surface area contributed by atoms with Crippen molar-refractivity contribution < 1.29 is 22.7 Å². The van der Waals surface area contributed by atoms with E-state index in [4.69, 9.17) is 0 Å². The molecule has 0 aromatic heterocycles. The van der Waals surface area contributed by atoms with Gasteiger partial charge in [0.25, 0.3) is 12.3 Å². The molecule has 0 fully saturated rings. The molecular weight excluding hydrogens is 315 g/mol. The highest BCUT2D eigenvalue weighted by atomic mass is 79.9. The van der Waals surface area contributed by atoms with Crippen LogP contribution in [0.2, 0.25) is 0 Å². The summed E-state index contributed by atoms with van der Waals surface area (Å²) in [5, 5.41) is 2.37. The molecule has 0 atom stereocenters. The van der Waals surface area contributed by atoms with Gasteiger partial charge in [0.05, 0.1) is 16.6 Å². The van der Waals surface area contributed by atoms with Gasteiger partial charge in [-0.25, -0.2) is 13.2 Å². The SMILES string of the molecule is O=C(NCCOCC(F)F)c1cccc(Br)c1F. The second kappa shape index (κ2) is 7.38. The van der Waals surface area contributed by atoms with Crippen molar-refractivity contribution in [2.75, 3.05) is 19.8 Å². The van der Waals surface area contributed by atoms with Gasteiger partial charge in [0, 0.05) is 6.54 Å². The van der Waals surface area contributed by atoms with Crippen LogP contribution in [0.3, 0.4) is 0 Å². The standard InChI is InChI=1S/C11H11BrF3NO2/c12-8-3-1-2-7(10(8)15)11(17)16-4-5-18-6-9(13)14/h1-3,9H,4-6H2,(H,16,17). The van der Waals surface area contributed by atoms with Crippen LogP contribution < -0.4 is 5.32 Å². The van der Waals surface area contributed by atoms with Gasteiger partial charge in [-0.2, -0.15) is 0 Å². The third-order valence-corrected chi connectivity index (χ3v) is 2.58. The number of hydrogen-bond acceptors (Lipinski definition) is 2. The van der Waals surface area contributed by atoms with E-state index in [1.54, 1.807) is 0 Å². The van der Waals surface area contributed by atoms with Gasteiger partial charge in [0.2, 0.25) is 0 Å². The molecule has 0 aliphatic rings. The molecule has 0 bridgehead atoms. The van der Waals surface area contributed by atoms with E-state index in [9.17, 15) is 18.0 Å². The summed E-state index contributed by atoms with van der Waals surface area (Å²) in [6.07, 6.45) is -2.54. The van der Waals surface area contributed by atoms with Gasteiger partial charge in [-0.15, -0.1) is 0 Å². The van der Waals surface area contributed by atoms with Gasteiger partial charge < -0.3 is 10.1 Å². The molecule has 100 valence electrons. The minimum Gasteiger partial charge on any atom is -0.374 e. The van der Waals surface area contributed by atoms with Gasteiger partial charge >= 0.3 is 0 Å². The fraction of sp³-hybridized carbons (Fsp3) is 0.364. The smallest absolute Gasteiger partial charge is 0.261 e. The van der Waals surface area contributed by atoms with Crippen LogP contribution in [0, 0.1) is 5.82 Å². The Hall–Kier alpha value is -1.08. The van der Waals surface area contributed by atoms with Crippen molar-refractivity contribution in [1.29, 1.82) is 0 Å². The van der Waals surface area contributed by atoms with E-state index in [2.05, 4.69) is 26.0 Å². The van der Waals surface area contributed by atoms with Crippen molar-refractivity contribution in [3.8, 4) is 0 Å². The predicted octanol–water partition coefficient (Wildman–Crippen LogP) is 2.60. The van der Waals surface area contributed by atoms with Crippen molar-refractivity contribution in [3.63, 3.8) is 0 Å². The molecule has 0 heterocycles. The Bertz CT molecular complexity index is 415. The van der Waals surface area contributed by atoms with Crippen LogP contribution in [0.5, 0.6) is 0 Å². The average molecular weight is 326 g/mol. The van der Waals surface area contributed by atoms with Crippen molar-refractivity contribution >= 4 is 21.8 Å². The van der Waals surface area contributed by atoms with E-state index < -0.39 is 24.8 Å². The van der Waals surface area contributed by atoms with Crippen LogP contribution in [0.1, 0.15) is 10.4 Å². The number of ether oxygens (including phenoxy) is 1. The molecule has 0 aliphatic heterocycles. The van der Waals surface area contributed by atoms with Crippen molar-refractivity contribution in [2.45, 2.75) is 6.43 Å². The normalized spacial score (nSPS) is 10.7. The number of amides is 1. The first-order valence-electron chi connectivity index (χ1n) is 5.10. The monoisotopic (exact) mass is 325 g/mol. The predicted molar refractivity (Wildman–Crippen MR) is 63.3 cm³/mol. The quantitative estimate of drug-likeness (QED) is 0.816. The molecule has 1 aromatic rings. The number of alkyl halides is 2. The highest BCUT2D eigenvalue weighted by Crippen LogP contribution is 2.18. The Kier molecular flexibility index (Phi) is 6.14. The topological polar surface area (TPSA) is 38.3 Å². The molecule has 1 N–H and O–H groups in total. The van der Waals surface area contributed by atoms with Gasteiger partial charge in [-0.05, 0) is 28.1 Å². The van der Waals surface area contributed by atoms with Crippen LogP contribution in [-0.4, -0.2) is 32.1 Å². The van der Waals surface area contributed by atoms with Gasteiger partial charge in [-0.3, -0.25) is 4.79 Å². The maximum atomic E-state index is 13.5. The minimum absolute atomic E-state index is 0.0392. The number of halogens is 4. The molecule has 18 heavy (non-hydrogen) atoms. The van der Waals surface area contributed by atoms with Crippen LogP contribution in [-0.2, 0) is 4.74 Å². The molecule has 1 rings (SSSR count). The van der Waals surface area contributed by atoms with E-state index in [0.717, 1.165) is 0 Å². The Morgan fingerprint density at radius 3 is 2.83 bits per heavy atom. The zero-order valence-corrected chi connectivity index (χ0v) is 10.8. The number of hydrogen-bond donors (Lipinski definition) is 1. The molecule has 3 nitrogen and oxygen atoms in total. The molecule has 0 radical (unpaired) electrons. The molecule has 0 saturated heterocycles. The van der Waals surface area contributed by atoms with E-state index in [1.807, 2.05) is 0 Å². The Labute approximate surface area is 110 Å². The number of benzene rings is 1. The maximum absolute atomic E-state index is 13.5. The van der Waals surface area contributed by atoms with E-state index in [0.29, 0.717) is 0 Å². The van der Waals surface area contributed by atoms with Gasteiger partial charge in [-0.1, -0.05) is 6.07 Å². The largest absolute Gasteiger partial charge is 0.374 e. The summed E-state index contributed by atoms with van der Waals surface area (Å²) in [6, 6.07) is 4.32. The molecule has 0 saturated carbocycles. The average Bonchev–Trinajstić information content (AvgIpc) is 2.31. The first-order chi connectivity index (χ1) is 8.52. The van der Waals surface area contributed by atoms with Crippen molar-refractivity contribution in [1.82, 2.24) is 5.32 Å². The number of carbonyl (C=O) groups excluding carboxylic acids is 1. The molecule has 0 spiro atoms. The molecule has 0 aliphatic carbocycles. The fourth-order valence-electron chi connectivity index (χ4n) is 1.18. The third kappa shape index (κ3) is 4.66. The number of carbonyl (C=O) groups is 1. The maximum Gasteiger partial charge on any atom is 0.261 e. The van der Waals surface area contributed by atoms with Gasteiger partial charge in [0.15, 0.2) is 0 Å². The summed E-state index contributed by atoms with van der Waals surface area (Å²) in [6.45, 7) is -0.690. The summed E-state index contributed by atoms with van der Waals surface area (Å²) >= 11 is 2.96. The molecule has 1 amide bonds. The highest BCUT2D eigenvalue weighted by Gasteiger charge is 2.13. The second-order valence-electron chi connectivity index (χ2n) is 3.32. The van der Waals surface area contributed by atoms with Crippen LogP contribution in [0.4, 0.5) is 13.2 Å². The molecule has 1 aromatic carbocycles. The van der Waals surface area contributed by atoms with E-state index in [-0.39, 0.29) is 23.2 Å². The van der Waals surface area contributed by atoms with Crippen molar-refractivity contribution in [3.05, 3.63) is 34.1 Å². The Morgan fingerprint density at radius 1 is 1.44 bits per heavy atom. The molecular formula is C11H11BrF3NO2. The third-order valence-electron chi connectivity index (χ3n) is 1.97. The first-order valence-corrected chi connectivity index (χ1v) is 5.89. The zero-order chi connectivity index (χ0) is 13.5. The fourth-order valence-corrected chi connectivity index (χ4v) is 1.55. The van der Waals surface area contributed by atoms with Crippen molar-refractivity contribution in [2.24, 2.45) is 0 Å². The lowest BCUT2D eigenvalue weighted by Gasteiger charge is -2.07. The first kappa shape index (κ1) is 15.0. The summed E-state index contributed by atoms with van der Waals surface area (Å²) in [7, 11) is 0. The Morgan fingerprint density at radius 2 is 2.17 bits per heavy atom. The van der Waals surface area contributed by atoms with Gasteiger partial charge in [0.1, 0.15) is 12.4 Å². The van der Waals surface area contributed by atoms with Crippen LogP contribution in [0.15, 0.2) is 22.7 Å². The second-order valence-corrected chi connectivity index (χ2v) is 4.18. The zero-order valence-electron chi connectivity index (χ0n) is 9.26. The van der Waals surface area contributed by atoms with Crippen LogP contribution >= 0.6 is 15.9 Å². The molecule has 0 unspecified atom stereocenters. The lowest BCUT2D eigenvalue weighted by atomic mass is 10.2. The summed E-state index contributed by atoms with van der Waals surface area (Å²) < 4.78 is 41.7. The number of rotatable bonds is 6. The highest BCUT2D eigenvalue weighted by molar-refractivity contribution is 9.10. The van der Waals surface area contributed by atoms with Crippen LogP contribution in [0.25, 0.3) is 0 Å². The minimum atomic E-state index is -2.54. The van der Waals surface area contributed by atoms with E-state index in [1.165, 1.54) is 18.2 Å². The number of nitrogens with one attached hydrogen (secondary N) is 1. The Balaban J connectivity index is 2.39. The summed E-state index contributed by atoms with van der Waals surface area (Å²) in [5.74, 6) is -1.28. The van der Waals surface area contributed by atoms with E-state index >= 15 is 0 Å². The summed E-state index contributed by atoms with van der Waals surface area (Å²) in [5.41, 5.74) is -0.113. The summed E-state index contributed by atoms with van der Waals surface area (Å²) in [4.78, 5) is 11.5.